The van der Waals surface area contributed by atoms with Crippen molar-refractivity contribution >= 4 is 18.7 Å². The summed E-state index contributed by atoms with van der Waals surface area (Å²) in [6.07, 6.45) is -3.34. The van der Waals surface area contributed by atoms with Crippen molar-refractivity contribution in [1.82, 2.24) is 4.57 Å². The van der Waals surface area contributed by atoms with Gasteiger partial charge in [-0.25, -0.2) is 4.79 Å². The highest BCUT2D eigenvalue weighted by Crippen LogP contribution is 2.36. The molecule has 0 aromatic carbocycles. The number of rotatable bonds is 3. The summed E-state index contributed by atoms with van der Waals surface area (Å²) in [6.45, 7) is 5.94. The lowest BCUT2D eigenvalue weighted by Crippen LogP contribution is -2.41. The van der Waals surface area contributed by atoms with Gasteiger partial charge in [0, 0.05) is 11.8 Å². The first-order chi connectivity index (χ1) is 10.4. The van der Waals surface area contributed by atoms with Crippen LogP contribution >= 0.6 is 0 Å². The fourth-order valence-corrected chi connectivity index (χ4v) is 2.25. The Labute approximate surface area is 132 Å². The smallest absolute Gasteiger partial charge is 0.465 e. The second-order valence-corrected chi connectivity index (χ2v) is 6.48. The quantitative estimate of drug-likeness (QED) is 0.628. The molecule has 0 amide bonds. The van der Waals surface area contributed by atoms with Crippen LogP contribution in [0.4, 0.5) is 13.2 Å². The number of hydrogen-bond acceptors (Lipinski definition) is 4. The Balaban J connectivity index is 2.41. The lowest BCUT2D eigenvalue weighted by Gasteiger charge is -2.32. The predicted molar refractivity (Wildman–Crippen MR) is 77.5 cm³/mol. The zero-order valence-corrected chi connectivity index (χ0v) is 13.7. The zero-order valence-electron chi connectivity index (χ0n) is 13.7. The maximum Gasteiger partial charge on any atom is 0.512 e. The molecular formula is C14H19BF3NO4. The fraction of sp³-hybridized carbons (Fsp3) is 0.643. The molecule has 128 valence electrons. The van der Waals surface area contributed by atoms with Crippen LogP contribution in [-0.4, -0.2) is 42.1 Å². The number of hydrogen-bond donors (Lipinski definition) is 0. The summed E-state index contributed by atoms with van der Waals surface area (Å²) < 4.78 is 55.4. The average Bonchev–Trinajstić information content (AvgIpc) is 2.86. The zero-order chi connectivity index (χ0) is 17.6. The van der Waals surface area contributed by atoms with Gasteiger partial charge in [0.1, 0.15) is 6.54 Å². The molecular weight excluding hydrogens is 314 g/mol. The van der Waals surface area contributed by atoms with Crippen LogP contribution in [0.25, 0.3) is 0 Å². The number of ether oxygens (including phenoxy) is 1. The second-order valence-electron chi connectivity index (χ2n) is 6.48. The average molecular weight is 333 g/mol. The number of alkyl halides is 3. The van der Waals surface area contributed by atoms with Crippen LogP contribution in [0.2, 0.25) is 0 Å². The van der Waals surface area contributed by atoms with E-state index in [1.54, 1.807) is 27.7 Å². The van der Waals surface area contributed by atoms with Gasteiger partial charge in [-0.3, -0.25) is 0 Å². The first-order valence-corrected chi connectivity index (χ1v) is 7.07. The van der Waals surface area contributed by atoms with Crippen LogP contribution in [0.5, 0.6) is 0 Å². The molecule has 0 unspecified atom stereocenters. The Morgan fingerprint density at radius 1 is 1.26 bits per heavy atom. The van der Waals surface area contributed by atoms with Gasteiger partial charge >= 0.3 is 19.3 Å². The summed E-state index contributed by atoms with van der Waals surface area (Å²) in [4.78, 5) is 11.6. The Morgan fingerprint density at radius 3 is 2.22 bits per heavy atom. The third-order valence-electron chi connectivity index (χ3n) is 4.20. The van der Waals surface area contributed by atoms with E-state index in [1.807, 2.05) is 0 Å². The van der Waals surface area contributed by atoms with E-state index < -0.39 is 37.0 Å². The van der Waals surface area contributed by atoms with Crippen LogP contribution in [0.3, 0.4) is 0 Å². The van der Waals surface area contributed by atoms with E-state index in [1.165, 1.54) is 6.07 Å². The molecule has 1 aliphatic rings. The molecule has 0 N–H and O–H groups in total. The molecule has 1 aromatic rings. The van der Waals surface area contributed by atoms with Crippen LogP contribution in [0, 0.1) is 0 Å². The summed E-state index contributed by atoms with van der Waals surface area (Å²) in [6, 6.07) is 1.31. The monoisotopic (exact) mass is 333 g/mol. The molecule has 9 heteroatoms. The molecule has 0 atom stereocenters. The summed E-state index contributed by atoms with van der Waals surface area (Å²) >= 11 is 0. The van der Waals surface area contributed by atoms with Crippen molar-refractivity contribution in [2.24, 2.45) is 0 Å². The van der Waals surface area contributed by atoms with Crippen LogP contribution in [0.15, 0.2) is 12.3 Å². The summed E-state index contributed by atoms with van der Waals surface area (Å²) in [5.41, 5.74) is -1.25. The van der Waals surface area contributed by atoms with Crippen molar-refractivity contribution in [2.45, 2.75) is 51.6 Å². The lowest BCUT2D eigenvalue weighted by molar-refractivity contribution is -0.140. The third kappa shape index (κ3) is 3.55. The SMILES string of the molecule is COC(=O)c1cc(B2OC(C)(C)C(C)(C)O2)n(CC(F)(F)F)c1. The van der Waals surface area contributed by atoms with Gasteiger partial charge in [-0.2, -0.15) is 13.2 Å². The number of esters is 1. The molecule has 1 saturated heterocycles. The largest absolute Gasteiger partial charge is 0.512 e. The van der Waals surface area contributed by atoms with E-state index in [9.17, 15) is 18.0 Å². The molecule has 1 aromatic heterocycles. The van der Waals surface area contributed by atoms with Crippen molar-refractivity contribution in [3.63, 3.8) is 0 Å². The minimum Gasteiger partial charge on any atom is -0.465 e. The molecule has 0 aliphatic carbocycles. The van der Waals surface area contributed by atoms with E-state index in [4.69, 9.17) is 9.31 Å². The van der Waals surface area contributed by atoms with Crippen molar-refractivity contribution in [3.8, 4) is 0 Å². The van der Waals surface area contributed by atoms with Gasteiger partial charge in [0.15, 0.2) is 0 Å². The number of halogens is 3. The molecule has 2 rings (SSSR count). The number of carbonyl (C=O) groups excluding carboxylic acids is 1. The highest BCUT2D eigenvalue weighted by Gasteiger charge is 2.53. The van der Waals surface area contributed by atoms with Crippen molar-refractivity contribution in [3.05, 3.63) is 17.8 Å². The van der Waals surface area contributed by atoms with Crippen LogP contribution in [0.1, 0.15) is 38.1 Å². The molecule has 1 fully saturated rings. The molecule has 0 radical (unpaired) electrons. The number of methoxy groups -OCH3 is 1. The van der Waals surface area contributed by atoms with Crippen molar-refractivity contribution < 1.29 is 32.0 Å². The molecule has 1 aliphatic heterocycles. The maximum absolute atomic E-state index is 12.8. The minimum absolute atomic E-state index is 0.0152. The second kappa shape index (κ2) is 5.56. The van der Waals surface area contributed by atoms with E-state index in [2.05, 4.69) is 4.74 Å². The topological polar surface area (TPSA) is 49.7 Å². The highest BCUT2D eigenvalue weighted by atomic mass is 19.4. The van der Waals surface area contributed by atoms with Crippen molar-refractivity contribution in [2.75, 3.05) is 7.11 Å². The first-order valence-electron chi connectivity index (χ1n) is 7.07. The van der Waals surface area contributed by atoms with E-state index in [-0.39, 0.29) is 11.2 Å². The Hall–Kier alpha value is -1.48. The summed E-state index contributed by atoms with van der Waals surface area (Å²) in [5.74, 6) is -0.719. The van der Waals surface area contributed by atoms with Gasteiger partial charge < -0.3 is 18.6 Å². The van der Waals surface area contributed by atoms with Gasteiger partial charge in [-0.05, 0) is 33.8 Å². The Bertz CT molecular complexity index is 594. The normalized spacial score (nSPS) is 19.9. The predicted octanol–water partition coefficient (Wildman–Crippen LogP) is 2.14. The summed E-state index contributed by atoms with van der Waals surface area (Å²) in [7, 11) is 0.165. The molecule has 5 nitrogen and oxygen atoms in total. The van der Waals surface area contributed by atoms with Gasteiger partial charge in [-0.15, -0.1) is 0 Å². The van der Waals surface area contributed by atoms with E-state index in [0.717, 1.165) is 17.9 Å². The third-order valence-corrected chi connectivity index (χ3v) is 4.20. The van der Waals surface area contributed by atoms with Gasteiger partial charge in [0.25, 0.3) is 0 Å². The molecule has 0 bridgehead atoms. The minimum atomic E-state index is -4.44. The van der Waals surface area contributed by atoms with Crippen molar-refractivity contribution in [1.29, 1.82) is 0 Å². The Morgan fingerprint density at radius 2 is 1.78 bits per heavy atom. The standard InChI is InChI=1S/C14H19BF3NO4/c1-12(2)13(3,4)23-15(22-12)10-6-9(11(20)21-5)7-19(10)8-14(16,17)18/h6-7H,8H2,1-5H3. The Kier molecular flexibility index (Phi) is 4.32. The summed E-state index contributed by atoms with van der Waals surface area (Å²) in [5, 5.41) is 0. The fourth-order valence-electron chi connectivity index (χ4n) is 2.25. The molecule has 2 heterocycles. The maximum atomic E-state index is 12.8. The lowest BCUT2D eigenvalue weighted by atomic mass is 9.84. The van der Waals surface area contributed by atoms with E-state index in [0.29, 0.717) is 0 Å². The van der Waals surface area contributed by atoms with Gasteiger partial charge in [0.2, 0.25) is 0 Å². The van der Waals surface area contributed by atoms with Crippen LogP contribution in [-0.2, 0) is 20.6 Å². The van der Waals surface area contributed by atoms with Gasteiger partial charge in [-0.1, -0.05) is 0 Å². The number of aromatic nitrogens is 1. The number of nitrogens with zero attached hydrogens (tertiary/aromatic N) is 1. The molecule has 0 spiro atoms. The van der Waals surface area contributed by atoms with Crippen LogP contribution < -0.4 is 5.59 Å². The molecule has 0 saturated carbocycles. The molecule has 23 heavy (non-hydrogen) atoms. The first kappa shape index (κ1) is 17.9. The highest BCUT2D eigenvalue weighted by molar-refractivity contribution is 6.61. The number of carbonyl (C=O) groups is 1. The van der Waals surface area contributed by atoms with Gasteiger partial charge in [0.05, 0.1) is 23.9 Å². The van der Waals surface area contributed by atoms with E-state index >= 15 is 0 Å².